The van der Waals surface area contributed by atoms with Crippen molar-refractivity contribution in [2.24, 2.45) is 0 Å². The maximum atomic E-state index is 12.7. The Morgan fingerprint density at radius 3 is 2.39 bits per heavy atom. The van der Waals surface area contributed by atoms with E-state index in [9.17, 15) is 13.2 Å². The molecule has 0 aromatic heterocycles. The fourth-order valence-electron chi connectivity index (χ4n) is 3.26. The van der Waals surface area contributed by atoms with Crippen molar-refractivity contribution in [1.29, 1.82) is 0 Å². The van der Waals surface area contributed by atoms with E-state index >= 15 is 0 Å². The van der Waals surface area contributed by atoms with Crippen LogP contribution in [0.5, 0.6) is 11.5 Å². The molecule has 0 atom stereocenters. The van der Waals surface area contributed by atoms with Gasteiger partial charge in [-0.2, -0.15) is 0 Å². The summed E-state index contributed by atoms with van der Waals surface area (Å²) in [5, 5.41) is 0. The lowest BCUT2D eigenvalue weighted by Crippen LogP contribution is -2.35. The van der Waals surface area contributed by atoms with Gasteiger partial charge in [0.2, 0.25) is 5.91 Å². The van der Waals surface area contributed by atoms with E-state index in [0.717, 1.165) is 18.4 Å². The largest absolute Gasteiger partial charge is 0.496 e. The zero-order valence-electron chi connectivity index (χ0n) is 16.2. The summed E-state index contributed by atoms with van der Waals surface area (Å²) < 4.78 is 38.6. The lowest BCUT2D eigenvalue weighted by Gasteiger charge is -2.28. The Hall–Kier alpha value is -2.74. The van der Waals surface area contributed by atoms with Gasteiger partial charge in [-0.1, -0.05) is 0 Å². The molecule has 1 fully saturated rings. The zero-order valence-corrected chi connectivity index (χ0v) is 17.0. The molecule has 7 nitrogen and oxygen atoms in total. The van der Waals surface area contributed by atoms with Gasteiger partial charge < -0.3 is 14.4 Å². The number of rotatable bonds is 6. The minimum Gasteiger partial charge on any atom is -0.496 e. The van der Waals surface area contributed by atoms with Crippen molar-refractivity contribution >= 4 is 27.3 Å². The third-order valence-electron chi connectivity index (χ3n) is 4.72. The number of hydrogen-bond donors (Lipinski definition) is 1. The number of aryl methyl sites for hydroxylation is 1. The van der Waals surface area contributed by atoms with E-state index in [0.29, 0.717) is 35.8 Å². The molecular weight excluding hydrogens is 380 g/mol. The minimum absolute atomic E-state index is 0.0478. The summed E-state index contributed by atoms with van der Waals surface area (Å²) in [7, 11) is -0.740. The number of sulfonamides is 1. The second-order valence-corrected chi connectivity index (χ2v) is 8.31. The van der Waals surface area contributed by atoms with Crippen LogP contribution in [0.25, 0.3) is 0 Å². The van der Waals surface area contributed by atoms with Gasteiger partial charge in [0, 0.05) is 19.0 Å². The van der Waals surface area contributed by atoms with Crippen LogP contribution in [0, 0.1) is 6.92 Å². The van der Waals surface area contributed by atoms with Crippen LogP contribution in [0.15, 0.2) is 41.3 Å². The molecule has 2 aromatic rings. The number of ether oxygens (including phenoxy) is 2. The first kappa shape index (κ1) is 20.0. The SMILES string of the molecule is COc1ccc(S(=O)(=O)Nc2ccc(N3CCCCC3=O)c(OC)c2)cc1C. The van der Waals surface area contributed by atoms with Crippen LogP contribution in [-0.4, -0.2) is 35.1 Å². The molecule has 0 spiro atoms. The van der Waals surface area contributed by atoms with E-state index < -0.39 is 10.0 Å². The molecule has 150 valence electrons. The minimum atomic E-state index is -3.78. The fourth-order valence-corrected chi connectivity index (χ4v) is 4.39. The normalized spacial score (nSPS) is 14.7. The van der Waals surface area contributed by atoms with Crippen molar-refractivity contribution in [3.05, 3.63) is 42.0 Å². The first-order valence-electron chi connectivity index (χ1n) is 9.01. The third kappa shape index (κ3) is 4.06. The van der Waals surface area contributed by atoms with Gasteiger partial charge in [0.05, 0.1) is 30.5 Å². The smallest absolute Gasteiger partial charge is 0.261 e. The Bertz CT molecular complexity index is 988. The van der Waals surface area contributed by atoms with Crippen LogP contribution in [0.1, 0.15) is 24.8 Å². The maximum absolute atomic E-state index is 12.7. The zero-order chi connectivity index (χ0) is 20.3. The molecule has 1 N–H and O–H groups in total. The summed E-state index contributed by atoms with van der Waals surface area (Å²) in [4.78, 5) is 14.0. The molecule has 1 saturated heterocycles. The van der Waals surface area contributed by atoms with Gasteiger partial charge in [-0.3, -0.25) is 9.52 Å². The monoisotopic (exact) mass is 404 g/mol. The predicted octanol–water partition coefficient (Wildman–Crippen LogP) is 3.33. The van der Waals surface area contributed by atoms with E-state index in [1.165, 1.54) is 20.3 Å². The molecule has 8 heteroatoms. The summed E-state index contributed by atoms with van der Waals surface area (Å²) in [5.74, 6) is 1.11. The van der Waals surface area contributed by atoms with Gasteiger partial charge in [-0.15, -0.1) is 0 Å². The second kappa shape index (κ2) is 8.10. The number of amides is 1. The molecule has 0 bridgehead atoms. The van der Waals surface area contributed by atoms with Crippen LogP contribution in [0.4, 0.5) is 11.4 Å². The lowest BCUT2D eigenvalue weighted by molar-refractivity contribution is -0.119. The molecule has 1 amide bonds. The van der Waals surface area contributed by atoms with E-state index in [-0.39, 0.29) is 10.8 Å². The summed E-state index contributed by atoms with van der Waals surface area (Å²) in [5.41, 5.74) is 1.73. The van der Waals surface area contributed by atoms with Gasteiger partial charge in [-0.05, 0) is 55.7 Å². The Morgan fingerprint density at radius 1 is 1.00 bits per heavy atom. The van der Waals surface area contributed by atoms with E-state index in [2.05, 4.69) is 4.72 Å². The predicted molar refractivity (Wildman–Crippen MR) is 108 cm³/mol. The Kier molecular flexibility index (Phi) is 5.79. The molecule has 0 unspecified atom stereocenters. The summed E-state index contributed by atoms with van der Waals surface area (Å²) in [6.45, 7) is 2.41. The number of nitrogens with one attached hydrogen (secondary N) is 1. The average molecular weight is 404 g/mol. The van der Waals surface area contributed by atoms with Crippen LogP contribution in [0.2, 0.25) is 0 Å². The second-order valence-electron chi connectivity index (χ2n) is 6.63. The number of piperidine rings is 1. The van der Waals surface area contributed by atoms with E-state index in [1.807, 2.05) is 0 Å². The van der Waals surface area contributed by atoms with Crippen LogP contribution in [-0.2, 0) is 14.8 Å². The molecule has 0 radical (unpaired) electrons. The molecule has 1 aliphatic rings. The van der Waals surface area contributed by atoms with Gasteiger partial charge in [0.1, 0.15) is 11.5 Å². The first-order chi connectivity index (χ1) is 13.4. The van der Waals surface area contributed by atoms with Gasteiger partial charge in [0.15, 0.2) is 0 Å². The van der Waals surface area contributed by atoms with Gasteiger partial charge in [-0.25, -0.2) is 8.42 Å². The molecular formula is C20H24N2O5S. The standard InChI is InChI=1S/C20H24N2O5S/c1-14-12-16(8-10-18(14)26-2)28(24,25)21-15-7-9-17(19(13-15)27-3)22-11-5-4-6-20(22)23/h7-10,12-13,21H,4-6,11H2,1-3H3. The first-order valence-corrected chi connectivity index (χ1v) is 10.5. The number of carbonyl (C=O) groups excluding carboxylic acids is 1. The number of hydrogen-bond acceptors (Lipinski definition) is 5. The van der Waals surface area contributed by atoms with Gasteiger partial charge >= 0.3 is 0 Å². The van der Waals surface area contributed by atoms with Crippen molar-refractivity contribution in [3.8, 4) is 11.5 Å². The number of carbonyl (C=O) groups is 1. The number of methoxy groups -OCH3 is 2. The summed E-state index contributed by atoms with van der Waals surface area (Å²) in [6, 6.07) is 9.60. The number of nitrogens with zero attached hydrogens (tertiary/aromatic N) is 1. The van der Waals surface area contributed by atoms with Gasteiger partial charge in [0.25, 0.3) is 10.0 Å². The Balaban J connectivity index is 1.88. The number of benzene rings is 2. The number of anilines is 2. The van der Waals surface area contributed by atoms with E-state index in [4.69, 9.17) is 9.47 Å². The molecule has 28 heavy (non-hydrogen) atoms. The third-order valence-corrected chi connectivity index (χ3v) is 6.10. The van der Waals surface area contributed by atoms with Crippen molar-refractivity contribution in [2.45, 2.75) is 31.1 Å². The highest BCUT2D eigenvalue weighted by Crippen LogP contribution is 2.34. The van der Waals surface area contributed by atoms with Crippen molar-refractivity contribution < 1.29 is 22.7 Å². The molecule has 2 aromatic carbocycles. The molecule has 1 aliphatic heterocycles. The van der Waals surface area contributed by atoms with Crippen molar-refractivity contribution in [2.75, 3.05) is 30.4 Å². The fraction of sp³-hybridized carbons (Fsp3) is 0.350. The summed E-state index contributed by atoms with van der Waals surface area (Å²) >= 11 is 0. The van der Waals surface area contributed by atoms with Crippen LogP contribution < -0.4 is 19.1 Å². The highest BCUT2D eigenvalue weighted by Gasteiger charge is 2.23. The van der Waals surface area contributed by atoms with Crippen molar-refractivity contribution in [3.63, 3.8) is 0 Å². The molecule has 0 saturated carbocycles. The molecule has 3 rings (SSSR count). The van der Waals surface area contributed by atoms with Crippen LogP contribution in [0.3, 0.4) is 0 Å². The molecule has 1 heterocycles. The Labute approximate surface area is 165 Å². The highest BCUT2D eigenvalue weighted by molar-refractivity contribution is 7.92. The lowest BCUT2D eigenvalue weighted by atomic mass is 10.1. The van der Waals surface area contributed by atoms with Crippen molar-refractivity contribution in [1.82, 2.24) is 0 Å². The highest BCUT2D eigenvalue weighted by atomic mass is 32.2. The average Bonchev–Trinajstić information content (AvgIpc) is 2.68. The topological polar surface area (TPSA) is 84.9 Å². The van der Waals surface area contributed by atoms with Crippen LogP contribution >= 0.6 is 0 Å². The maximum Gasteiger partial charge on any atom is 0.261 e. The quantitative estimate of drug-likeness (QED) is 0.798. The summed E-state index contributed by atoms with van der Waals surface area (Å²) in [6.07, 6.45) is 2.32. The Morgan fingerprint density at radius 2 is 1.75 bits per heavy atom. The molecule has 0 aliphatic carbocycles. The van der Waals surface area contributed by atoms with E-state index in [1.54, 1.807) is 42.2 Å².